The highest BCUT2D eigenvalue weighted by molar-refractivity contribution is 5.86. The van der Waals surface area contributed by atoms with Gasteiger partial charge >= 0.3 is 6.09 Å². The van der Waals surface area contributed by atoms with Crippen molar-refractivity contribution < 1.29 is 9.53 Å². The van der Waals surface area contributed by atoms with Crippen LogP contribution in [0.25, 0.3) is 17.0 Å². The fraction of sp³-hybridized carbons (Fsp3) is 0.150. The summed E-state index contributed by atoms with van der Waals surface area (Å²) in [6, 6.07) is 16.1. The first-order valence-corrected chi connectivity index (χ1v) is 8.08. The number of benzene rings is 2. The maximum Gasteiger partial charge on any atom is 0.414 e. The predicted molar refractivity (Wildman–Crippen MR) is 94.5 cm³/mol. The van der Waals surface area contributed by atoms with Crippen molar-refractivity contribution in [2.75, 3.05) is 6.61 Å². The molecular formula is C20H18N2O2. The summed E-state index contributed by atoms with van der Waals surface area (Å²) in [6.07, 6.45) is 5.42. The largest absolute Gasteiger partial charge is 0.449 e. The average molecular weight is 318 g/mol. The summed E-state index contributed by atoms with van der Waals surface area (Å²) in [5.41, 5.74) is 4.34. The van der Waals surface area contributed by atoms with Gasteiger partial charge in [-0.15, -0.1) is 0 Å². The molecule has 1 aromatic heterocycles. The minimum Gasteiger partial charge on any atom is -0.449 e. The Morgan fingerprint density at radius 2 is 1.92 bits per heavy atom. The Bertz CT molecular complexity index is 926. The van der Waals surface area contributed by atoms with Crippen LogP contribution in [-0.4, -0.2) is 22.6 Å². The monoisotopic (exact) mass is 318 g/mol. The van der Waals surface area contributed by atoms with E-state index in [9.17, 15) is 4.79 Å². The number of aromatic nitrogens is 1. The zero-order valence-electron chi connectivity index (χ0n) is 13.4. The molecule has 0 radical (unpaired) electrons. The summed E-state index contributed by atoms with van der Waals surface area (Å²) in [7, 11) is 0. The summed E-state index contributed by atoms with van der Waals surface area (Å²) in [5, 5.41) is 1.11. The second-order valence-corrected chi connectivity index (χ2v) is 5.74. The van der Waals surface area contributed by atoms with Gasteiger partial charge in [-0.05, 0) is 30.2 Å². The maximum absolute atomic E-state index is 12.5. The molecule has 1 atom stereocenters. The fourth-order valence-electron chi connectivity index (χ4n) is 3.31. The Balaban J connectivity index is 1.90. The molecule has 1 unspecified atom stereocenters. The summed E-state index contributed by atoms with van der Waals surface area (Å²) < 4.78 is 5.26. The smallest absolute Gasteiger partial charge is 0.414 e. The van der Waals surface area contributed by atoms with E-state index in [1.54, 1.807) is 4.90 Å². The van der Waals surface area contributed by atoms with Crippen LogP contribution in [0.4, 0.5) is 4.79 Å². The predicted octanol–water partition coefficient (Wildman–Crippen LogP) is 4.70. The summed E-state index contributed by atoms with van der Waals surface area (Å²) in [5.74, 6) is 0. The quantitative estimate of drug-likeness (QED) is 0.744. The van der Waals surface area contributed by atoms with Gasteiger partial charge in [-0.1, -0.05) is 42.5 Å². The normalized spacial score (nSPS) is 16.2. The van der Waals surface area contributed by atoms with Crippen LogP contribution in [0.1, 0.15) is 29.7 Å². The Labute approximate surface area is 140 Å². The fourth-order valence-corrected chi connectivity index (χ4v) is 3.31. The van der Waals surface area contributed by atoms with Crippen molar-refractivity contribution in [1.29, 1.82) is 0 Å². The molecule has 1 aliphatic rings. The lowest BCUT2D eigenvalue weighted by molar-refractivity contribution is 0.114. The van der Waals surface area contributed by atoms with Gasteiger partial charge in [0.05, 0.1) is 12.6 Å². The lowest BCUT2D eigenvalue weighted by Crippen LogP contribution is -2.33. The van der Waals surface area contributed by atoms with E-state index in [1.807, 2.05) is 55.7 Å². The van der Waals surface area contributed by atoms with Crippen molar-refractivity contribution in [2.24, 2.45) is 0 Å². The van der Waals surface area contributed by atoms with Crippen molar-refractivity contribution in [3.8, 4) is 0 Å². The number of carbonyl (C=O) groups is 1. The third-order valence-corrected chi connectivity index (χ3v) is 4.38. The van der Waals surface area contributed by atoms with E-state index >= 15 is 0 Å². The van der Waals surface area contributed by atoms with Gasteiger partial charge in [0.1, 0.15) is 0 Å². The van der Waals surface area contributed by atoms with Gasteiger partial charge in [-0.25, -0.2) is 4.79 Å². The zero-order chi connectivity index (χ0) is 16.5. The molecule has 0 fully saturated rings. The van der Waals surface area contributed by atoms with E-state index in [0.29, 0.717) is 6.61 Å². The van der Waals surface area contributed by atoms with Crippen LogP contribution < -0.4 is 0 Å². The number of hydrogen-bond acceptors (Lipinski definition) is 2. The number of nitrogens with one attached hydrogen (secondary N) is 1. The molecule has 0 bridgehead atoms. The van der Waals surface area contributed by atoms with Crippen molar-refractivity contribution in [2.45, 2.75) is 13.0 Å². The first-order chi connectivity index (χ1) is 11.8. The Morgan fingerprint density at radius 1 is 1.12 bits per heavy atom. The van der Waals surface area contributed by atoms with Crippen molar-refractivity contribution >= 4 is 23.1 Å². The number of ether oxygens (including phenoxy) is 1. The van der Waals surface area contributed by atoms with Crippen molar-refractivity contribution in [3.05, 3.63) is 77.6 Å². The number of nitrogens with zero attached hydrogens (tertiary/aromatic N) is 1. The summed E-state index contributed by atoms with van der Waals surface area (Å²) in [6.45, 7) is 2.17. The van der Waals surface area contributed by atoms with Crippen LogP contribution in [0.5, 0.6) is 0 Å². The SMILES string of the molecule is CCOC(=O)N1C=Cc2ccccc2C1c1c[nH]c2ccccc12. The number of amides is 1. The highest BCUT2D eigenvalue weighted by Crippen LogP contribution is 2.38. The molecule has 4 rings (SSSR count). The van der Waals surface area contributed by atoms with Crippen LogP contribution in [0.3, 0.4) is 0 Å². The second-order valence-electron chi connectivity index (χ2n) is 5.74. The van der Waals surface area contributed by atoms with E-state index in [2.05, 4.69) is 23.2 Å². The lowest BCUT2D eigenvalue weighted by Gasteiger charge is -2.32. The van der Waals surface area contributed by atoms with Gasteiger partial charge in [0, 0.05) is 28.9 Å². The molecule has 2 heterocycles. The van der Waals surface area contributed by atoms with Crippen LogP contribution in [-0.2, 0) is 4.74 Å². The lowest BCUT2D eigenvalue weighted by atomic mass is 9.91. The molecule has 4 heteroatoms. The molecule has 0 aliphatic carbocycles. The third kappa shape index (κ3) is 2.27. The van der Waals surface area contributed by atoms with Gasteiger partial charge in [0.15, 0.2) is 0 Å². The molecule has 4 nitrogen and oxygen atoms in total. The molecule has 2 aromatic carbocycles. The van der Waals surface area contributed by atoms with Crippen molar-refractivity contribution in [1.82, 2.24) is 9.88 Å². The van der Waals surface area contributed by atoms with Crippen LogP contribution >= 0.6 is 0 Å². The molecule has 1 N–H and O–H groups in total. The van der Waals surface area contributed by atoms with Crippen molar-refractivity contribution in [3.63, 3.8) is 0 Å². The Hall–Kier alpha value is -3.01. The van der Waals surface area contributed by atoms with Gasteiger partial charge in [-0.2, -0.15) is 0 Å². The van der Waals surface area contributed by atoms with Gasteiger partial charge in [0.2, 0.25) is 0 Å². The minimum atomic E-state index is -0.335. The molecule has 0 spiro atoms. The summed E-state index contributed by atoms with van der Waals surface area (Å²) in [4.78, 5) is 17.5. The van der Waals surface area contributed by atoms with E-state index < -0.39 is 0 Å². The molecule has 0 saturated carbocycles. The number of fused-ring (bicyclic) bond motifs is 2. The number of carbonyl (C=O) groups excluding carboxylic acids is 1. The van der Waals surface area contributed by atoms with Gasteiger partial charge in [0.25, 0.3) is 0 Å². The highest BCUT2D eigenvalue weighted by Gasteiger charge is 2.31. The number of aromatic amines is 1. The highest BCUT2D eigenvalue weighted by atomic mass is 16.6. The molecular weight excluding hydrogens is 300 g/mol. The molecule has 24 heavy (non-hydrogen) atoms. The molecule has 3 aromatic rings. The van der Waals surface area contributed by atoms with E-state index in [0.717, 1.165) is 27.6 Å². The van der Waals surface area contributed by atoms with Crippen LogP contribution in [0.15, 0.2) is 60.9 Å². The van der Waals surface area contributed by atoms with Gasteiger partial charge < -0.3 is 9.72 Å². The summed E-state index contributed by atoms with van der Waals surface area (Å²) >= 11 is 0. The number of hydrogen-bond donors (Lipinski definition) is 1. The maximum atomic E-state index is 12.5. The second kappa shape index (κ2) is 5.89. The minimum absolute atomic E-state index is 0.207. The van der Waals surface area contributed by atoms with Crippen LogP contribution in [0.2, 0.25) is 0 Å². The average Bonchev–Trinajstić information content (AvgIpc) is 3.04. The third-order valence-electron chi connectivity index (χ3n) is 4.38. The topological polar surface area (TPSA) is 45.3 Å². The molecule has 0 saturated heterocycles. The first kappa shape index (κ1) is 14.6. The van der Waals surface area contributed by atoms with E-state index in [1.165, 1.54) is 0 Å². The first-order valence-electron chi connectivity index (χ1n) is 8.08. The Kier molecular flexibility index (Phi) is 3.58. The zero-order valence-corrected chi connectivity index (χ0v) is 13.4. The van der Waals surface area contributed by atoms with E-state index in [4.69, 9.17) is 4.74 Å². The Morgan fingerprint density at radius 3 is 2.79 bits per heavy atom. The standard InChI is InChI=1S/C20H18N2O2/c1-2-24-20(23)22-12-11-14-7-3-4-8-15(14)19(22)17-13-21-18-10-6-5-9-16(17)18/h3-13,19,21H,2H2,1H3. The van der Waals surface area contributed by atoms with E-state index in [-0.39, 0.29) is 12.1 Å². The van der Waals surface area contributed by atoms with Crippen LogP contribution in [0, 0.1) is 0 Å². The van der Waals surface area contributed by atoms with Gasteiger partial charge in [-0.3, -0.25) is 4.90 Å². The number of H-pyrrole nitrogens is 1. The number of rotatable bonds is 2. The molecule has 1 amide bonds. The molecule has 1 aliphatic heterocycles. The number of para-hydroxylation sites is 1. The molecule has 120 valence electrons.